The maximum absolute atomic E-state index is 11.2. The fraction of sp³-hybridized carbons (Fsp3) is 0.435. The Balaban J connectivity index is 2.83. The van der Waals surface area contributed by atoms with Gasteiger partial charge in [-0.05, 0) is 41.9 Å². The maximum Gasteiger partial charge on any atom is 0.404 e. The van der Waals surface area contributed by atoms with Gasteiger partial charge in [-0.3, -0.25) is 4.98 Å². The van der Waals surface area contributed by atoms with Crippen LogP contribution in [0.1, 0.15) is 55.8 Å². The summed E-state index contributed by atoms with van der Waals surface area (Å²) in [6, 6.07) is 10.4. The molecule has 0 unspecified atom stereocenters. The average Bonchev–Trinajstić information content (AvgIpc) is 2.60. The summed E-state index contributed by atoms with van der Waals surface area (Å²) in [6.45, 7) is 10.7. The topological polar surface area (TPSA) is 86.0 Å². The standard InChI is InChI=1S/C23H29N3O2/c1-6-19-17(11-12-24)21(16-9-7-15(2)8-10-16)18(14-25-22(27)28)20(26-19)13-23(3,4)5/h7-10,25H,6,11,13-14H2,1-5H3,(H,27,28). The molecule has 0 spiro atoms. The smallest absolute Gasteiger partial charge is 0.404 e. The first-order valence-electron chi connectivity index (χ1n) is 9.60. The van der Waals surface area contributed by atoms with Gasteiger partial charge >= 0.3 is 6.09 Å². The number of rotatable bonds is 6. The van der Waals surface area contributed by atoms with Crippen molar-refractivity contribution in [2.45, 2.75) is 60.4 Å². The summed E-state index contributed by atoms with van der Waals surface area (Å²) in [4.78, 5) is 16.1. The van der Waals surface area contributed by atoms with Gasteiger partial charge in [-0.25, -0.2) is 4.79 Å². The summed E-state index contributed by atoms with van der Waals surface area (Å²) in [7, 11) is 0. The molecule has 0 aliphatic rings. The number of benzene rings is 1. The molecular formula is C23H29N3O2. The van der Waals surface area contributed by atoms with Gasteiger partial charge in [-0.15, -0.1) is 0 Å². The van der Waals surface area contributed by atoms with E-state index >= 15 is 0 Å². The molecule has 1 aromatic heterocycles. The summed E-state index contributed by atoms with van der Waals surface area (Å²) in [6.07, 6.45) is 0.620. The van der Waals surface area contributed by atoms with Gasteiger partial charge in [0, 0.05) is 23.5 Å². The van der Waals surface area contributed by atoms with Crippen LogP contribution < -0.4 is 5.32 Å². The third-order valence-electron chi connectivity index (χ3n) is 4.62. The lowest BCUT2D eigenvalue weighted by molar-refractivity contribution is 0.194. The predicted molar refractivity (Wildman–Crippen MR) is 111 cm³/mol. The van der Waals surface area contributed by atoms with E-state index in [1.165, 1.54) is 0 Å². The van der Waals surface area contributed by atoms with E-state index in [1.54, 1.807) is 0 Å². The summed E-state index contributed by atoms with van der Waals surface area (Å²) in [5, 5.41) is 21.1. The van der Waals surface area contributed by atoms with Crippen LogP contribution in [-0.2, 0) is 25.8 Å². The molecule has 148 valence electrons. The molecule has 28 heavy (non-hydrogen) atoms. The van der Waals surface area contributed by atoms with Crippen LogP contribution in [0.2, 0.25) is 0 Å². The SMILES string of the molecule is CCc1nc(CC(C)(C)C)c(CNC(=O)O)c(-c2ccc(C)cc2)c1CC#N. The van der Waals surface area contributed by atoms with Crippen molar-refractivity contribution in [3.8, 4) is 17.2 Å². The Morgan fingerprint density at radius 1 is 1.18 bits per heavy atom. The molecule has 0 saturated heterocycles. The zero-order valence-corrected chi connectivity index (χ0v) is 17.4. The van der Waals surface area contributed by atoms with Crippen LogP contribution in [0.15, 0.2) is 24.3 Å². The molecule has 0 aliphatic heterocycles. The predicted octanol–water partition coefficient (Wildman–Crippen LogP) is 5.04. The summed E-state index contributed by atoms with van der Waals surface area (Å²) < 4.78 is 0. The van der Waals surface area contributed by atoms with Crippen LogP contribution in [0.5, 0.6) is 0 Å². The second-order valence-corrected chi connectivity index (χ2v) is 8.29. The number of carboxylic acid groups (broad SMARTS) is 1. The third kappa shape index (κ3) is 5.32. The lowest BCUT2D eigenvalue weighted by Crippen LogP contribution is -2.24. The molecule has 5 heteroatoms. The molecule has 1 amide bonds. The van der Waals surface area contributed by atoms with Gasteiger partial charge < -0.3 is 10.4 Å². The van der Waals surface area contributed by atoms with Crippen molar-refractivity contribution < 1.29 is 9.90 Å². The van der Waals surface area contributed by atoms with Gasteiger partial charge in [0.25, 0.3) is 0 Å². The molecular weight excluding hydrogens is 350 g/mol. The Hall–Kier alpha value is -2.87. The number of aromatic nitrogens is 1. The largest absolute Gasteiger partial charge is 0.465 e. The minimum absolute atomic E-state index is 0.00270. The van der Waals surface area contributed by atoms with Crippen LogP contribution >= 0.6 is 0 Å². The number of pyridine rings is 1. The molecule has 2 N–H and O–H groups in total. The Bertz CT molecular complexity index is 888. The Morgan fingerprint density at radius 2 is 1.82 bits per heavy atom. The van der Waals surface area contributed by atoms with Crippen LogP contribution in [0.25, 0.3) is 11.1 Å². The molecule has 0 fully saturated rings. The number of hydrogen-bond donors (Lipinski definition) is 2. The molecule has 2 rings (SSSR count). The molecule has 1 heterocycles. The quantitative estimate of drug-likeness (QED) is 0.736. The second kappa shape index (κ2) is 8.88. The second-order valence-electron chi connectivity index (χ2n) is 8.29. The first-order chi connectivity index (χ1) is 13.2. The lowest BCUT2D eigenvalue weighted by atomic mass is 9.84. The number of nitriles is 1. The first kappa shape index (κ1) is 21.4. The molecule has 0 saturated carbocycles. The molecule has 0 aliphatic carbocycles. The fourth-order valence-electron chi connectivity index (χ4n) is 3.40. The van der Waals surface area contributed by atoms with Gasteiger partial charge in [-0.1, -0.05) is 57.5 Å². The average molecular weight is 380 g/mol. The van der Waals surface area contributed by atoms with Crippen molar-refractivity contribution in [1.82, 2.24) is 10.3 Å². The van der Waals surface area contributed by atoms with Gasteiger partial charge in [0.15, 0.2) is 0 Å². The van der Waals surface area contributed by atoms with Gasteiger partial charge in [0.2, 0.25) is 0 Å². The van der Waals surface area contributed by atoms with E-state index in [0.717, 1.165) is 52.0 Å². The summed E-state index contributed by atoms with van der Waals surface area (Å²) in [5.41, 5.74) is 6.66. The molecule has 0 bridgehead atoms. The summed E-state index contributed by atoms with van der Waals surface area (Å²) >= 11 is 0. The molecule has 1 aromatic carbocycles. The van der Waals surface area contributed by atoms with Crippen LogP contribution in [-0.4, -0.2) is 16.2 Å². The normalized spacial score (nSPS) is 11.1. The number of nitrogens with zero attached hydrogens (tertiary/aromatic N) is 2. The molecule has 5 nitrogen and oxygen atoms in total. The minimum Gasteiger partial charge on any atom is -0.465 e. The van der Waals surface area contributed by atoms with Crippen LogP contribution in [0.3, 0.4) is 0 Å². The van der Waals surface area contributed by atoms with Crippen LogP contribution in [0.4, 0.5) is 4.79 Å². The van der Waals surface area contributed by atoms with E-state index in [0.29, 0.717) is 0 Å². The van der Waals surface area contributed by atoms with Crippen molar-refractivity contribution in [1.29, 1.82) is 5.26 Å². The molecule has 2 aromatic rings. The highest BCUT2D eigenvalue weighted by Gasteiger charge is 2.23. The minimum atomic E-state index is -1.07. The zero-order chi connectivity index (χ0) is 20.9. The van der Waals surface area contributed by atoms with Crippen molar-refractivity contribution in [2.75, 3.05) is 0 Å². The zero-order valence-electron chi connectivity index (χ0n) is 17.4. The van der Waals surface area contributed by atoms with E-state index in [9.17, 15) is 15.2 Å². The van der Waals surface area contributed by atoms with Gasteiger partial charge in [0.05, 0.1) is 12.5 Å². The highest BCUT2D eigenvalue weighted by atomic mass is 16.4. The highest BCUT2D eigenvalue weighted by molar-refractivity contribution is 5.74. The van der Waals surface area contributed by atoms with Gasteiger partial charge in [-0.2, -0.15) is 5.26 Å². The van der Waals surface area contributed by atoms with E-state index in [-0.39, 0.29) is 18.4 Å². The highest BCUT2D eigenvalue weighted by Crippen LogP contribution is 2.35. The van der Waals surface area contributed by atoms with Crippen molar-refractivity contribution in [2.24, 2.45) is 5.41 Å². The van der Waals surface area contributed by atoms with E-state index in [1.807, 2.05) is 38.1 Å². The number of amides is 1. The molecule has 0 radical (unpaired) electrons. The van der Waals surface area contributed by atoms with Crippen molar-refractivity contribution >= 4 is 6.09 Å². The number of hydrogen-bond acceptors (Lipinski definition) is 3. The fourth-order valence-corrected chi connectivity index (χ4v) is 3.40. The Labute approximate surface area is 167 Å². The first-order valence-corrected chi connectivity index (χ1v) is 9.60. The van der Waals surface area contributed by atoms with Crippen LogP contribution in [0, 0.1) is 23.7 Å². The van der Waals surface area contributed by atoms with E-state index in [4.69, 9.17) is 4.98 Å². The number of nitrogens with one attached hydrogen (secondary N) is 1. The van der Waals surface area contributed by atoms with Gasteiger partial charge in [0.1, 0.15) is 0 Å². The Kier molecular flexibility index (Phi) is 6.80. The monoisotopic (exact) mass is 379 g/mol. The third-order valence-corrected chi connectivity index (χ3v) is 4.62. The maximum atomic E-state index is 11.2. The van der Waals surface area contributed by atoms with Crippen molar-refractivity contribution in [3.63, 3.8) is 0 Å². The van der Waals surface area contributed by atoms with E-state index < -0.39 is 6.09 Å². The van der Waals surface area contributed by atoms with Crippen molar-refractivity contribution in [3.05, 3.63) is 52.3 Å². The Morgan fingerprint density at radius 3 is 2.32 bits per heavy atom. The number of carbonyl (C=O) groups is 1. The summed E-state index contributed by atoms with van der Waals surface area (Å²) in [5.74, 6) is 0. The van der Waals surface area contributed by atoms with E-state index in [2.05, 4.69) is 32.2 Å². The molecule has 0 atom stereocenters. The lowest BCUT2D eigenvalue weighted by Gasteiger charge is -2.25. The number of aryl methyl sites for hydroxylation is 2.